The Bertz CT molecular complexity index is 1180. The third-order valence-electron chi connectivity index (χ3n) is 5.07. The van der Waals surface area contributed by atoms with Crippen LogP contribution in [0.15, 0.2) is 52.9 Å². The summed E-state index contributed by atoms with van der Waals surface area (Å²) in [5, 5.41) is 8.88. The highest BCUT2D eigenvalue weighted by atomic mass is 32.1. The van der Waals surface area contributed by atoms with Crippen LogP contribution in [0.2, 0.25) is 0 Å². The number of rotatable bonds is 10. The molecule has 1 aromatic heterocycles. The predicted octanol–water partition coefficient (Wildman–Crippen LogP) is 5.45. The molecular formula is C24H26F3N5O2S. The van der Waals surface area contributed by atoms with Gasteiger partial charge in [0.05, 0.1) is 31.0 Å². The molecule has 0 radical (unpaired) electrons. The van der Waals surface area contributed by atoms with Crippen molar-refractivity contribution in [2.45, 2.75) is 26.4 Å². The Balaban J connectivity index is 1.57. The maximum atomic E-state index is 12.9. The van der Waals surface area contributed by atoms with Gasteiger partial charge in [-0.1, -0.05) is 6.07 Å². The second-order valence-corrected chi connectivity index (χ2v) is 8.27. The van der Waals surface area contributed by atoms with Crippen molar-refractivity contribution in [3.8, 4) is 5.75 Å². The number of hydrazone groups is 1. The largest absolute Gasteiger partial charge is 0.496 e. The Kier molecular flexibility index (Phi) is 8.69. The number of alkyl halides is 3. The minimum atomic E-state index is -4.43. The van der Waals surface area contributed by atoms with Crippen LogP contribution in [0.4, 0.5) is 29.7 Å². The Hall–Kier alpha value is -3.60. The third kappa shape index (κ3) is 7.19. The zero-order chi connectivity index (χ0) is 25.4. The van der Waals surface area contributed by atoms with Crippen molar-refractivity contribution in [2.24, 2.45) is 5.10 Å². The number of carbonyl (C=O) groups is 1. The number of amides is 1. The number of aromatic nitrogens is 1. The number of hydrogen-bond donors (Lipinski definition) is 2. The number of anilines is 3. The van der Waals surface area contributed by atoms with Crippen LogP contribution < -0.4 is 20.4 Å². The molecule has 0 saturated carbocycles. The quantitative estimate of drug-likeness (QED) is 0.283. The van der Waals surface area contributed by atoms with Gasteiger partial charge in [-0.05, 0) is 44.2 Å². The average molecular weight is 506 g/mol. The molecule has 0 fully saturated rings. The van der Waals surface area contributed by atoms with Gasteiger partial charge in [-0.15, -0.1) is 11.3 Å². The summed E-state index contributed by atoms with van der Waals surface area (Å²) in [6.07, 6.45) is -2.96. The summed E-state index contributed by atoms with van der Waals surface area (Å²) in [6, 6.07) is 10.6. The van der Waals surface area contributed by atoms with Crippen molar-refractivity contribution in [1.82, 2.24) is 10.4 Å². The molecule has 2 aromatic carbocycles. The zero-order valence-electron chi connectivity index (χ0n) is 19.5. The van der Waals surface area contributed by atoms with Crippen molar-refractivity contribution < 1.29 is 22.7 Å². The molecule has 1 amide bonds. The molecule has 35 heavy (non-hydrogen) atoms. The molecule has 186 valence electrons. The van der Waals surface area contributed by atoms with E-state index in [4.69, 9.17) is 4.74 Å². The number of thiazole rings is 1. The lowest BCUT2D eigenvalue weighted by Gasteiger charge is -2.21. The zero-order valence-corrected chi connectivity index (χ0v) is 20.3. The summed E-state index contributed by atoms with van der Waals surface area (Å²) in [5.74, 6) is 0.258. The van der Waals surface area contributed by atoms with Gasteiger partial charge in [0.25, 0.3) is 0 Å². The van der Waals surface area contributed by atoms with Crippen LogP contribution in [0.3, 0.4) is 0 Å². The highest BCUT2D eigenvalue weighted by Gasteiger charge is 2.30. The molecule has 0 aliphatic carbocycles. The van der Waals surface area contributed by atoms with Gasteiger partial charge in [0.15, 0.2) is 5.13 Å². The van der Waals surface area contributed by atoms with Gasteiger partial charge in [0.1, 0.15) is 5.75 Å². The molecule has 0 aliphatic rings. The van der Waals surface area contributed by atoms with E-state index in [0.717, 1.165) is 30.9 Å². The third-order valence-corrected chi connectivity index (χ3v) is 5.88. The van der Waals surface area contributed by atoms with Crippen LogP contribution >= 0.6 is 11.3 Å². The summed E-state index contributed by atoms with van der Waals surface area (Å²) in [4.78, 5) is 18.7. The molecule has 0 saturated heterocycles. The van der Waals surface area contributed by atoms with E-state index in [-0.39, 0.29) is 18.0 Å². The lowest BCUT2D eigenvalue weighted by molar-refractivity contribution is -0.137. The van der Waals surface area contributed by atoms with E-state index in [9.17, 15) is 18.0 Å². The number of nitrogens with one attached hydrogen (secondary N) is 2. The first kappa shape index (κ1) is 26.0. The van der Waals surface area contributed by atoms with Crippen LogP contribution in [-0.2, 0) is 17.4 Å². The van der Waals surface area contributed by atoms with E-state index in [2.05, 4.69) is 39.6 Å². The Morgan fingerprint density at radius 3 is 2.66 bits per heavy atom. The van der Waals surface area contributed by atoms with E-state index in [1.165, 1.54) is 29.7 Å². The summed E-state index contributed by atoms with van der Waals surface area (Å²) in [5.41, 5.74) is 4.18. The fraction of sp³-hybridized carbons (Fsp3) is 0.292. The molecule has 0 atom stereocenters. The fourth-order valence-electron chi connectivity index (χ4n) is 3.31. The first-order chi connectivity index (χ1) is 16.7. The van der Waals surface area contributed by atoms with Crippen molar-refractivity contribution >= 4 is 40.0 Å². The number of nitrogens with zero attached hydrogens (tertiary/aromatic N) is 3. The molecule has 0 unspecified atom stereocenters. The number of hydrogen-bond acceptors (Lipinski definition) is 7. The van der Waals surface area contributed by atoms with E-state index in [0.29, 0.717) is 22.1 Å². The minimum Gasteiger partial charge on any atom is -0.496 e. The Labute approximate surface area is 205 Å². The predicted molar refractivity (Wildman–Crippen MR) is 133 cm³/mol. The molecule has 2 N–H and O–H groups in total. The van der Waals surface area contributed by atoms with E-state index >= 15 is 0 Å². The average Bonchev–Trinajstić information content (AvgIpc) is 3.26. The van der Waals surface area contributed by atoms with Crippen molar-refractivity contribution in [2.75, 3.05) is 30.4 Å². The number of ether oxygens (including phenoxy) is 1. The second-order valence-electron chi connectivity index (χ2n) is 7.42. The van der Waals surface area contributed by atoms with Gasteiger partial charge in [-0.25, -0.2) is 10.4 Å². The molecule has 1 heterocycles. The van der Waals surface area contributed by atoms with Gasteiger partial charge in [-0.2, -0.15) is 18.3 Å². The lowest BCUT2D eigenvalue weighted by Crippen LogP contribution is -2.22. The number of benzene rings is 2. The maximum absolute atomic E-state index is 12.9. The fourth-order valence-corrected chi connectivity index (χ4v) is 4.04. The Morgan fingerprint density at radius 2 is 1.97 bits per heavy atom. The lowest BCUT2D eigenvalue weighted by atomic mass is 10.2. The molecule has 0 bridgehead atoms. The SMILES string of the molecule is CCN(CC)c1ccc(/C=N\NC(=O)Cc2csc(Nc3cccc(C(F)(F)F)c3)n2)c(OC)c1. The van der Waals surface area contributed by atoms with Crippen molar-refractivity contribution in [3.63, 3.8) is 0 Å². The van der Waals surface area contributed by atoms with E-state index in [1.807, 2.05) is 18.2 Å². The number of carbonyl (C=O) groups excluding carboxylic acids is 1. The molecule has 3 aromatic rings. The van der Waals surface area contributed by atoms with Crippen LogP contribution in [0.1, 0.15) is 30.7 Å². The maximum Gasteiger partial charge on any atom is 0.416 e. The molecule has 0 aliphatic heterocycles. The van der Waals surface area contributed by atoms with Gasteiger partial charge < -0.3 is 15.0 Å². The first-order valence-corrected chi connectivity index (χ1v) is 11.7. The molecule has 7 nitrogen and oxygen atoms in total. The second kappa shape index (κ2) is 11.7. The highest BCUT2D eigenvalue weighted by molar-refractivity contribution is 7.13. The van der Waals surface area contributed by atoms with E-state index < -0.39 is 11.7 Å². The van der Waals surface area contributed by atoms with Crippen molar-refractivity contribution in [1.29, 1.82) is 0 Å². The van der Waals surface area contributed by atoms with Gasteiger partial charge in [0, 0.05) is 41.5 Å². The molecule has 11 heteroatoms. The summed E-state index contributed by atoms with van der Waals surface area (Å²) in [6.45, 7) is 5.90. The van der Waals surface area contributed by atoms with Crippen LogP contribution in [0.5, 0.6) is 5.75 Å². The smallest absolute Gasteiger partial charge is 0.416 e. The number of halogens is 3. The summed E-state index contributed by atoms with van der Waals surface area (Å²) < 4.78 is 44.1. The first-order valence-electron chi connectivity index (χ1n) is 10.9. The molecule has 3 rings (SSSR count). The molecule has 0 spiro atoms. The van der Waals surface area contributed by atoms with Gasteiger partial charge in [0.2, 0.25) is 5.91 Å². The monoisotopic (exact) mass is 505 g/mol. The highest BCUT2D eigenvalue weighted by Crippen LogP contribution is 2.32. The Morgan fingerprint density at radius 1 is 1.20 bits per heavy atom. The van der Waals surface area contributed by atoms with Crippen LogP contribution in [0.25, 0.3) is 0 Å². The standard InChI is InChI=1S/C24H26F3N5O2S/c1-4-32(5-2)20-10-9-16(21(13-20)34-3)14-28-31-22(33)12-19-15-35-23(30-19)29-18-8-6-7-17(11-18)24(25,26)27/h6-11,13-15H,4-5,12H2,1-3H3,(H,29,30)(H,31,33)/b28-14-. The minimum absolute atomic E-state index is 0.0316. The van der Waals surface area contributed by atoms with Gasteiger partial charge in [-0.3, -0.25) is 4.79 Å². The van der Waals surface area contributed by atoms with Gasteiger partial charge >= 0.3 is 6.18 Å². The topological polar surface area (TPSA) is 78.9 Å². The molecular weight excluding hydrogens is 479 g/mol. The normalized spacial score (nSPS) is 11.5. The number of methoxy groups -OCH3 is 1. The van der Waals surface area contributed by atoms with Crippen LogP contribution in [-0.4, -0.2) is 37.3 Å². The summed E-state index contributed by atoms with van der Waals surface area (Å²) >= 11 is 1.19. The van der Waals surface area contributed by atoms with Crippen LogP contribution in [0, 0.1) is 0 Å². The van der Waals surface area contributed by atoms with Crippen molar-refractivity contribution in [3.05, 3.63) is 64.7 Å². The summed E-state index contributed by atoms with van der Waals surface area (Å²) in [7, 11) is 1.57. The van der Waals surface area contributed by atoms with E-state index in [1.54, 1.807) is 12.5 Å².